The maximum atomic E-state index is 12.3. The number of hydrogen-bond donors (Lipinski definition) is 2. The van der Waals surface area contributed by atoms with Crippen molar-refractivity contribution in [2.75, 3.05) is 38.5 Å². The van der Waals surface area contributed by atoms with Gasteiger partial charge in [-0.05, 0) is 37.6 Å². The quantitative estimate of drug-likeness (QED) is 0.814. The van der Waals surface area contributed by atoms with Gasteiger partial charge in [0.15, 0.2) is 5.78 Å². The van der Waals surface area contributed by atoms with Crippen LogP contribution in [-0.4, -0.2) is 60.9 Å². The van der Waals surface area contributed by atoms with Gasteiger partial charge in [-0.2, -0.15) is 0 Å². The minimum Gasteiger partial charge on any atom is -0.341 e. The second-order valence-corrected chi connectivity index (χ2v) is 5.55. The summed E-state index contributed by atoms with van der Waals surface area (Å²) in [5, 5.41) is 5.41. The maximum Gasteiger partial charge on any atom is 0.321 e. The zero-order chi connectivity index (χ0) is 17.0. The van der Waals surface area contributed by atoms with Crippen LogP contribution in [0.4, 0.5) is 15.3 Å². The van der Waals surface area contributed by atoms with Gasteiger partial charge < -0.3 is 20.4 Å². The van der Waals surface area contributed by atoms with Gasteiger partial charge in [0.1, 0.15) is 0 Å². The molecule has 0 spiro atoms. The molecule has 0 bridgehead atoms. The van der Waals surface area contributed by atoms with E-state index in [1.807, 2.05) is 6.92 Å². The number of nitrogens with zero attached hydrogens (tertiary/aromatic N) is 2. The first-order chi connectivity index (χ1) is 10.9. The van der Waals surface area contributed by atoms with Gasteiger partial charge in [-0.25, -0.2) is 9.59 Å². The van der Waals surface area contributed by atoms with Crippen molar-refractivity contribution in [3.63, 3.8) is 0 Å². The Kier molecular flexibility index (Phi) is 5.20. The van der Waals surface area contributed by atoms with Crippen molar-refractivity contribution in [1.82, 2.24) is 15.1 Å². The first-order valence-corrected chi connectivity index (χ1v) is 7.56. The fourth-order valence-electron chi connectivity index (χ4n) is 2.61. The molecule has 23 heavy (non-hydrogen) atoms. The number of rotatable bonds is 2. The normalized spacial score (nSPS) is 14.4. The molecule has 0 aliphatic carbocycles. The predicted octanol–water partition coefficient (Wildman–Crippen LogP) is 1.69. The molecule has 1 aromatic carbocycles. The number of carbonyl (C=O) groups excluding carboxylic acids is 3. The summed E-state index contributed by atoms with van der Waals surface area (Å²) in [5.41, 5.74) is 2.15. The molecule has 0 aromatic heterocycles. The highest BCUT2D eigenvalue weighted by Crippen LogP contribution is 2.16. The van der Waals surface area contributed by atoms with Crippen LogP contribution in [0.3, 0.4) is 0 Å². The summed E-state index contributed by atoms with van der Waals surface area (Å²) in [6.07, 6.45) is 0. The molecule has 0 radical (unpaired) electrons. The van der Waals surface area contributed by atoms with E-state index in [1.165, 1.54) is 6.92 Å². The lowest BCUT2D eigenvalue weighted by molar-refractivity contribution is 0.101. The molecule has 124 valence electrons. The molecule has 4 amide bonds. The van der Waals surface area contributed by atoms with E-state index < -0.39 is 0 Å². The van der Waals surface area contributed by atoms with Crippen LogP contribution < -0.4 is 10.6 Å². The minimum absolute atomic E-state index is 0.00528. The number of benzene rings is 1. The smallest absolute Gasteiger partial charge is 0.321 e. The van der Waals surface area contributed by atoms with Crippen molar-refractivity contribution in [2.45, 2.75) is 13.8 Å². The van der Waals surface area contributed by atoms with Crippen LogP contribution in [0.5, 0.6) is 0 Å². The van der Waals surface area contributed by atoms with Crippen molar-refractivity contribution in [3.8, 4) is 0 Å². The molecule has 1 saturated heterocycles. The number of carbonyl (C=O) groups is 3. The lowest BCUT2D eigenvalue weighted by atomic mass is 10.1. The molecule has 1 aromatic rings. The number of anilines is 1. The highest BCUT2D eigenvalue weighted by molar-refractivity contribution is 5.97. The molecule has 2 N–H and O–H groups in total. The molecular formula is C16H22N4O3. The van der Waals surface area contributed by atoms with Crippen LogP contribution >= 0.6 is 0 Å². The maximum absolute atomic E-state index is 12.3. The van der Waals surface area contributed by atoms with Gasteiger partial charge in [-0.1, -0.05) is 0 Å². The van der Waals surface area contributed by atoms with Crippen LogP contribution in [0.2, 0.25) is 0 Å². The van der Waals surface area contributed by atoms with Crippen LogP contribution in [0.25, 0.3) is 0 Å². The zero-order valence-corrected chi connectivity index (χ0v) is 13.7. The minimum atomic E-state index is -0.198. The Morgan fingerprint density at radius 2 is 1.57 bits per heavy atom. The van der Waals surface area contributed by atoms with E-state index in [-0.39, 0.29) is 17.8 Å². The van der Waals surface area contributed by atoms with Gasteiger partial charge in [0.05, 0.1) is 0 Å². The van der Waals surface area contributed by atoms with Gasteiger partial charge in [0, 0.05) is 44.5 Å². The van der Waals surface area contributed by atoms with Gasteiger partial charge in [-0.3, -0.25) is 4.79 Å². The first kappa shape index (κ1) is 16.8. The zero-order valence-electron chi connectivity index (χ0n) is 13.7. The molecule has 7 heteroatoms. The molecule has 7 nitrogen and oxygen atoms in total. The van der Waals surface area contributed by atoms with Crippen LogP contribution in [-0.2, 0) is 0 Å². The molecule has 1 heterocycles. The number of urea groups is 2. The fourth-order valence-corrected chi connectivity index (χ4v) is 2.61. The van der Waals surface area contributed by atoms with E-state index in [2.05, 4.69) is 10.6 Å². The predicted molar refractivity (Wildman–Crippen MR) is 87.8 cm³/mol. The van der Waals surface area contributed by atoms with Crippen molar-refractivity contribution in [1.29, 1.82) is 0 Å². The van der Waals surface area contributed by atoms with Crippen molar-refractivity contribution < 1.29 is 14.4 Å². The summed E-state index contributed by atoms with van der Waals surface area (Å²) in [4.78, 5) is 38.6. The Bertz CT molecular complexity index is 622. The summed E-state index contributed by atoms with van der Waals surface area (Å²) in [6, 6.07) is 4.91. The van der Waals surface area contributed by atoms with Gasteiger partial charge in [0.25, 0.3) is 0 Å². The average Bonchev–Trinajstić information content (AvgIpc) is 2.54. The lowest BCUT2D eigenvalue weighted by Crippen LogP contribution is -2.53. The molecule has 0 saturated carbocycles. The fraction of sp³-hybridized carbons (Fsp3) is 0.438. The number of Topliss-reactive ketones (excluding diaryl/α,β-unsaturated/α-hetero) is 1. The van der Waals surface area contributed by atoms with E-state index in [0.29, 0.717) is 37.4 Å². The number of nitrogens with one attached hydrogen (secondary N) is 2. The summed E-state index contributed by atoms with van der Waals surface area (Å²) < 4.78 is 0. The number of piperazine rings is 1. The third-order valence-corrected chi connectivity index (χ3v) is 3.92. The van der Waals surface area contributed by atoms with E-state index in [1.54, 1.807) is 35.0 Å². The Hall–Kier alpha value is -2.57. The summed E-state index contributed by atoms with van der Waals surface area (Å²) in [7, 11) is 1.59. The van der Waals surface area contributed by atoms with E-state index >= 15 is 0 Å². The standard InChI is InChI=1S/C16H22N4O3/c1-11-10-13(4-5-14(11)12(2)21)18-16(23)20-8-6-19(7-9-20)15(22)17-3/h4-5,10H,6-9H2,1-3H3,(H,17,22)(H,18,23). The summed E-state index contributed by atoms with van der Waals surface area (Å²) in [6.45, 7) is 5.36. The Balaban J connectivity index is 1.94. The van der Waals surface area contributed by atoms with E-state index in [0.717, 1.165) is 5.56 Å². The molecule has 2 rings (SSSR count). The SMILES string of the molecule is CNC(=O)N1CCN(C(=O)Nc2ccc(C(C)=O)c(C)c2)CC1. The molecule has 1 fully saturated rings. The van der Waals surface area contributed by atoms with Gasteiger partial charge in [-0.15, -0.1) is 0 Å². The number of amides is 4. The van der Waals surface area contributed by atoms with E-state index in [4.69, 9.17) is 0 Å². The Labute approximate surface area is 135 Å². The van der Waals surface area contributed by atoms with Crippen LogP contribution in [0.1, 0.15) is 22.8 Å². The summed E-state index contributed by atoms with van der Waals surface area (Å²) >= 11 is 0. The van der Waals surface area contributed by atoms with Gasteiger partial charge >= 0.3 is 12.1 Å². The number of hydrogen-bond acceptors (Lipinski definition) is 3. The number of aryl methyl sites for hydroxylation is 1. The van der Waals surface area contributed by atoms with Crippen LogP contribution in [0.15, 0.2) is 18.2 Å². The number of ketones is 1. The Morgan fingerprint density at radius 1 is 1.00 bits per heavy atom. The van der Waals surface area contributed by atoms with Gasteiger partial charge in [0.2, 0.25) is 0 Å². The third kappa shape index (κ3) is 4.00. The molecular weight excluding hydrogens is 296 g/mol. The van der Waals surface area contributed by atoms with Crippen LogP contribution in [0, 0.1) is 6.92 Å². The topological polar surface area (TPSA) is 81.8 Å². The first-order valence-electron chi connectivity index (χ1n) is 7.56. The summed E-state index contributed by atoms with van der Waals surface area (Å²) in [5.74, 6) is 0.00528. The largest absolute Gasteiger partial charge is 0.341 e. The highest BCUT2D eigenvalue weighted by Gasteiger charge is 2.23. The molecule has 0 unspecified atom stereocenters. The van der Waals surface area contributed by atoms with Crippen molar-refractivity contribution in [2.24, 2.45) is 0 Å². The lowest BCUT2D eigenvalue weighted by Gasteiger charge is -2.34. The third-order valence-electron chi connectivity index (χ3n) is 3.92. The molecule has 1 aliphatic heterocycles. The second kappa shape index (κ2) is 7.13. The second-order valence-electron chi connectivity index (χ2n) is 5.55. The van der Waals surface area contributed by atoms with Crippen molar-refractivity contribution in [3.05, 3.63) is 29.3 Å². The monoisotopic (exact) mass is 318 g/mol. The highest BCUT2D eigenvalue weighted by atomic mass is 16.2. The van der Waals surface area contributed by atoms with E-state index in [9.17, 15) is 14.4 Å². The Morgan fingerprint density at radius 3 is 2.04 bits per heavy atom. The molecule has 1 aliphatic rings. The average molecular weight is 318 g/mol. The van der Waals surface area contributed by atoms with Crippen molar-refractivity contribution >= 4 is 23.5 Å². The molecule has 0 atom stereocenters.